The first kappa shape index (κ1) is 11.4. The van der Waals surface area contributed by atoms with Gasteiger partial charge in [0, 0.05) is 22.7 Å². The van der Waals surface area contributed by atoms with Crippen molar-refractivity contribution in [1.29, 1.82) is 0 Å². The molecule has 0 fully saturated rings. The SMILES string of the molecule is O=C/C=C(\c1c[nH]c2ccccc12)C(F)(F)F. The average molecular weight is 239 g/mol. The number of nitrogens with one attached hydrogen (secondary N) is 1. The predicted octanol–water partition coefficient (Wildman–Crippen LogP) is 3.31. The topological polar surface area (TPSA) is 32.9 Å². The molecule has 0 aliphatic heterocycles. The van der Waals surface area contributed by atoms with Crippen molar-refractivity contribution in [2.75, 3.05) is 0 Å². The van der Waals surface area contributed by atoms with E-state index in [1.165, 1.54) is 6.20 Å². The second-order valence-electron chi connectivity index (χ2n) is 3.46. The number of H-pyrrole nitrogens is 1. The summed E-state index contributed by atoms with van der Waals surface area (Å²) in [7, 11) is 0. The molecule has 0 aliphatic carbocycles. The van der Waals surface area contributed by atoms with Crippen LogP contribution < -0.4 is 0 Å². The second-order valence-corrected chi connectivity index (χ2v) is 3.46. The molecule has 0 unspecified atom stereocenters. The quantitative estimate of drug-likeness (QED) is 0.633. The summed E-state index contributed by atoms with van der Waals surface area (Å²) in [6.45, 7) is 0. The zero-order chi connectivity index (χ0) is 12.5. The van der Waals surface area contributed by atoms with Crippen LogP contribution in [0.3, 0.4) is 0 Å². The Labute approximate surface area is 94.8 Å². The Morgan fingerprint density at radius 2 is 1.94 bits per heavy atom. The molecule has 1 heterocycles. The van der Waals surface area contributed by atoms with Crippen molar-refractivity contribution in [3.8, 4) is 0 Å². The van der Waals surface area contributed by atoms with Gasteiger partial charge in [-0.3, -0.25) is 4.79 Å². The maximum Gasteiger partial charge on any atom is 0.417 e. The molecule has 1 aromatic heterocycles. The molecule has 0 saturated carbocycles. The lowest BCUT2D eigenvalue weighted by Crippen LogP contribution is -2.10. The van der Waals surface area contributed by atoms with Crippen LogP contribution in [0.5, 0.6) is 0 Å². The van der Waals surface area contributed by atoms with E-state index in [4.69, 9.17) is 0 Å². The van der Waals surface area contributed by atoms with Crippen LogP contribution in [0.2, 0.25) is 0 Å². The Hall–Kier alpha value is -2.04. The molecule has 88 valence electrons. The number of aromatic nitrogens is 1. The number of allylic oxidation sites excluding steroid dienone is 2. The van der Waals surface area contributed by atoms with Gasteiger partial charge in [0.1, 0.15) is 6.29 Å². The molecule has 2 nitrogen and oxygen atoms in total. The number of para-hydroxylation sites is 1. The maximum absolute atomic E-state index is 12.8. The fourth-order valence-electron chi connectivity index (χ4n) is 1.70. The van der Waals surface area contributed by atoms with Gasteiger partial charge in [-0.2, -0.15) is 13.2 Å². The van der Waals surface area contributed by atoms with Gasteiger partial charge in [-0.05, 0) is 12.1 Å². The molecule has 2 aromatic rings. The highest BCUT2D eigenvalue weighted by Gasteiger charge is 2.35. The molecular weight excluding hydrogens is 231 g/mol. The van der Waals surface area contributed by atoms with Gasteiger partial charge in [0.2, 0.25) is 0 Å². The first-order chi connectivity index (χ1) is 8.04. The number of carbonyl (C=O) groups excluding carboxylic acids is 1. The molecule has 1 aromatic carbocycles. The van der Waals surface area contributed by atoms with Crippen LogP contribution in [0, 0.1) is 0 Å². The van der Waals surface area contributed by atoms with Gasteiger partial charge >= 0.3 is 6.18 Å². The zero-order valence-electron chi connectivity index (χ0n) is 8.58. The van der Waals surface area contributed by atoms with Crippen LogP contribution in [0.15, 0.2) is 36.5 Å². The molecular formula is C12H8F3NO. The van der Waals surface area contributed by atoms with Crippen molar-refractivity contribution >= 4 is 22.8 Å². The molecule has 0 spiro atoms. The number of aldehydes is 1. The van der Waals surface area contributed by atoms with Crippen LogP contribution in [-0.2, 0) is 4.79 Å². The number of hydrogen-bond donors (Lipinski definition) is 1. The van der Waals surface area contributed by atoms with Crippen molar-refractivity contribution in [2.45, 2.75) is 6.18 Å². The van der Waals surface area contributed by atoms with Gasteiger partial charge in [0.25, 0.3) is 0 Å². The third-order valence-corrected chi connectivity index (χ3v) is 2.42. The van der Waals surface area contributed by atoms with Gasteiger partial charge in [0.15, 0.2) is 0 Å². The average Bonchev–Trinajstić information content (AvgIpc) is 2.68. The van der Waals surface area contributed by atoms with Gasteiger partial charge in [0.05, 0.1) is 5.57 Å². The van der Waals surface area contributed by atoms with Gasteiger partial charge in [-0.15, -0.1) is 0 Å². The lowest BCUT2D eigenvalue weighted by Gasteiger charge is -2.09. The summed E-state index contributed by atoms with van der Waals surface area (Å²) in [5.41, 5.74) is -0.353. The Morgan fingerprint density at radius 3 is 2.59 bits per heavy atom. The van der Waals surface area contributed by atoms with E-state index in [1.807, 2.05) is 0 Å². The van der Waals surface area contributed by atoms with Crippen LogP contribution in [0.1, 0.15) is 5.56 Å². The molecule has 5 heteroatoms. The minimum absolute atomic E-state index is 0.0137. The molecule has 2 rings (SSSR count). The van der Waals surface area contributed by atoms with E-state index in [0.717, 1.165) is 0 Å². The molecule has 0 amide bonds. The Bertz CT molecular complexity index is 581. The van der Waals surface area contributed by atoms with Crippen molar-refractivity contribution < 1.29 is 18.0 Å². The van der Waals surface area contributed by atoms with Crippen LogP contribution in [-0.4, -0.2) is 17.4 Å². The fraction of sp³-hybridized carbons (Fsp3) is 0.0833. The number of hydrogen-bond acceptors (Lipinski definition) is 1. The monoisotopic (exact) mass is 239 g/mol. The maximum atomic E-state index is 12.8. The van der Waals surface area contributed by atoms with Crippen molar-refractivity contribution in [2.24, 2.45) is 0 Å². The molecule has 0 saturated heterocycles. The molecule has 0 radical (unpaired) electrons. The smallest absolute Gasteiger partial charge is 0.361 e. The molecule has 1 N–H and O–H groups in total. The summed E-state index contributed by atoms with van der Waals surface area (Å²) in [5, 5.41) is 0.443. The fourth-order valence-corrected chi connectivity index (χ4v) is 1.70. The van der Waals surface area contributed by atoms with Gasteiger partial charge < -0.3 is 4.98 Å². The number of benzene rings is 1. The number of carbonyl (C=O) groups is 1. The van der Waals surface area contributed by atoms with Gasteiger partial charge in [-0.25, -0.2) is 0 Å². The van der Waals surface area contributed by atoms with Crippen molar-refractivity contribution in [3.63, 3.8) is 0 Å². The lowest BCUT2D eigenvalue weighted by molar-refractivity contribution is -0.104. The first-order valence-corrected chi connectivity index (χ1v) is 4.83. The highest BCUT2D eigenvalue weighted by Crippen LogP contribution is 2.36. The number of fused-ring (bicyclic) bond motifs is 1. The van der Waals surface area contributed by atoms with Crippen molar-refractivity contribution in [1.82, 2.24) is 4.98 Å². The number of halogens is 3. The standard InChI is InChI=1S/C12H8F3NO/c13-12(14,15)10(5-6-17)9-7-16-11-4-2-1-3-8(9)11/h1-7,16H/b10-5+. The summed E-state index contributed by atoms with van der Waals surface area (Å²) in [6, 6.07) is 6.62. The van der Waals surface area contributed by atoms with E-state index < -0.39 is 11.7 Å². The summed E-state index contributed by atoms with van der Waals surface area (Å²) in [5.74, 6) is 0. The number of aromatic amines is 1. The third-order valence-electron chi connectivity index (χ3n) is 2.42. The molecule has 0 aliphatic rings. The highest BCUT2D eigenvalue weighted by atomic mass is 19.4. The summed E-state index contributed by atoms with van der Waals surface area (Å²) in [6.07, 6.45) is -2.61. The second kappa shape index (κ2) is 4.08. The first-order valence-electron chi connectivity index (χ1n) is 4.83. The minimum Gasteiger partial charge on any atom is -0.361 e. The van der Waals surface area contributed by atoms with E-state index in [-0.39, 0.29) is 11.8 Å². The molecule has 17 heavy (non-hydrogen) atoms. The Balaban J connectivity index is 2.66. The van der Waals surface area contributed by atoms with Crippen LogP contribution >= 0.6 is 0 Å². The highest BCUT2D eigenvalue weighted by molar-refractivity contribution is 5.96. The van der Waals surface area contributed by atoms with E-state index in [9.17, 15) is 18.0 Å². The number of rotatable bonds is 2. The Morgan fingerprint density at radius 1 is 1.24 bits per heavy atom. The summed E-state index contributed by atoms with van der Waals surface area (Å²) >= 11 is 0. The van der Waals surface area contributed by atoms with Crippen LogP contribution in [0.25, 0.3) is 16.5 Å². The zero-order valence-corrected chi connectivity index (χ0v) is 8.58. The van der Waals surface area contributed by atoms with E-state index in [1.54, 1.807) is 24.3 Å². The van der Waals surface area contributed by atoms with Crippen LogP contribution in [0.4, 0.5) is 13.2 Å². The minimum atomic E-state index is -4.55. The van der Waals surface area contributed by atoms with E-state index in [0.29, 0.717) is 17.0 Å². The number of alkyl halides is 3. The van der Waals surface area contributed by atoms with E-state index >= 15 is 0 Å². The molecule has 0 bridgehead atoms. The van der Waals surface area contributed by atoms with E-state index in [2.05, 4.69) is 4.98 Å². The normalized spacial score (nSPS) is 13.0. The summed E-state index contributed by atoms with van der Waals surface area (Å²) in [4.78, 5) is 13.0. The summed E-state index contributed by atoms with van der Waals surface area (Å²) < 4.78 is 38.3. The largest absolute Gasteiger partial charge is 0.417 e. The Kier molecular flexibility index (Phi) is 2.75. The van der Waals surface area contributed by atoms with Gasteiger partial charge in [-0.1, -0.05) is 18.2 Å². The molecule has 0 atom stereocenters. The predicted molar refractivity (Wildman–Crippen MR) is 58.4 cm³/mol. The van der Waals surface area contributed by atoms with Crippen molar-refractivity contribution in [3.05, 3.63) is 42.1 Å². The third kappa shape index (κ3) is 2.08. The lowest BCUT2D eigenvalue weighted by atomic mass is 10.0.